The van der Waals surface area contributed by atoms with Gasteiger partial charge in [0.25, 0.3) is 0 Å². The molecule has 0 N–H and O–H groups in total. The second kappa shape index (κ2) is 53.4. The standard InChI is InChI=1S/C59H114O6/c1-5-8-10-12-14-16-18-20-21-22-23-27-31-35-39-43-47-51-58(61)64-54-56(53-63-57(60)50-46-42-38-34-30-19-17-15-13-11-9-6-2)65-59(62)52-48-44-40-36-32-28-25-24-26-29-33-37-41-45-49-55(4)7-3/h55-56H,5-54H2,1-4H3/t55?,56-/m0/s1. The Bertz CT molecular complexity index is 982. The van der Waals surface area contributed by atoms with Crippen LogP contribution in [0.3, 0.4) is 0 Å². The van der Waals surface area contributed by atoms with Gasteiger partial charge in [-0.2, -0.15) is 0 Å². The smallest absolute Gasteiger partial charge is 0.306 e. The van der Waals surface area contributed by atoms with Crippen LogP contribution in [0.4, 0.5) is 0 Å². The highest BCUT2D eigenvalue weighted by Gasteiger charge is 2.19. The van der Waals surface area contributed by atoms with Crippen molar-refractivity contribution < 1.29 is 28.6 Å². The lowest BCUT2D eigenvalue weighted by Crippen LogP contribution is -2.30. The van der Waals surface area contributed by atoms with Gasteiger partial charge in [-0.15, -0.1) is 0 Å². The molecular weight excluding hydrogens is 805 g/mol. The van der Waals surface area contributed by atoms with Crippen LogP contribution in [-0.4, -0.2) is 37.2 Å². The average molecular weight is 920 g/mol. The van der Waals surface area contributed by atoms with Crippen molar-refractivity contribution in [1.29, 1.82) is 0 Å². The number of carbonyl (C=O) groups excluding carboxylic acids is 3. The lowest BCUT2D eigenvalue weighted by molar-refractivity contribution is -0.167. The van der Waals surface area contributed by atoms with Crippen molar-refractivity contribution in [2.45, 2.75) is 342 Å². The van der Waals surface area contributed by atoms with E-state index in [1.165, 1.54) is 231 Å². The van der Waals surface area contributed by atoms with Gasteiger partial charge in [0.2, 0.25) is 0 Å². The van der Waals surface area contributed by atoms with E-state index in [4.69, 9.17) is 14.2 Å². The molecule has 0 bridgehead atoms. The van der Waals surface area contributed by atoms with Crippen molar-refractivity contribution in [2.24, 2.45) is 5.92 Å². The summed E-state index contributed by atoms with van der Waals surface area (Å²) < 4.78 is 16.9. The molecule has 0 rings (SSSR count). The van der Waals surface area contributed by atoms with Gasteiger partial charge in [-0.1, -0.05) is 297 Å². The van der Waals surface area contributed by atoms with E-state index in [0.29, 0.717) is 19.3 Å². The maximum Gasteiger partial charge on any atom is 0.306 e. The zero-order valence-corrected chi connectivity index (χ0v) is 44.5. The summed E-state index contributed by atoms with van der Waals surface area (Å²) in [5.41, 5.74) is 0. The van der Waals surface area contributed by atoms with E-state index < -0.39 is 6.10 Å². The minimum absolute atomic E-state index is 0.0617. The molecule has 0 saturated carbocycles. The van der Waals surface area contributed by atoms with Crippen LogP contribution in [0.15, 0.2) is 0 Å². The van der Waals surface area contributed by atoms with Crippen LogP contribution >= 0.6 is 0 Å². The number of esters is 3. The first-order chi connectivity index (χ1) is 31.9. The van der Waals surface area contributed by atoms with E-state index in [1.54, 1.807) is 0 Å². The normalized spacial score (nSPS) is 12.4. The molecule has 0 saturated heterocycles. The lowest BCUT2D eigenvalue weighted by Gasteiger charge is -2.18. The Hall–Kier alpha value is -1.59. The highest BCUT2D eigenvalue weighted by atomic mass is 16.6. The van der Waals surface area contributed by atoms with Gasteiger partial charge in [0.05, 0.1) is 0 Å². The molecule has 0 aliphatic carbocycles. The van der Waals surface area contributed by atoms with E-state index in [2.05, 4.69) is 27.7 Å². The fourth-order valence-electron chi connectivity index (χ4n) is 9.07. The summed E-state index contributed by atoms with van der Waals surface area (Å²) in [5.74, 6) is 0.0600. The SMILES string of the molecule is CCCCCCCCCCCCCCCCCCCC(=O)OC[C@H](COC(=O)CCCCCCCCCCCCCC)OC(=O)CCCCCCCCCCCCCCCCC(C)CC. The van der Waals surface area contributed by atoms with Crippen molar-refractivity contribution in [2.75, 3.05) is 13.2 Å². The van der Waals surface area contributed by atoms with Crippen molar-refractivity contribution in [3.63, 3.8) is 0 Å². The van der Waals surface area contributed by atoms with Crippen LogP contribution in [0.25, 0.3) is 0 Å². The second-order valence-electron chi connectivity index (χ2n) is 20.5. The molecule has 0 spiro atoms. The lowest BCUT2D eigenvalue weighted by atomic mass is 9.99. The molecule has 0 aromatic rings. The Balaban J connectivity index is 4.28. The van der Waals surface area contributed by atoms with Crippen LogP contribution in [0.2, 0.25) is 0 Å². The summed E-state index contributed by atoms with van der Waals surface area (Å²) in [5, 5.41) is 0. The molecule has 1 unspecified atom stereocenters. The van der Waals surface area contributed by atoms with Crippen LogP contribution in [0.5, 0.6) is 0 Å². The highest BCUT2D eigenvalue weighted by molar-refractivity contribution is 5.71. The predicted octanol–water partition coefficient (Wildman–Crippen LogP) is 19.4. The number of unbranched alkanes of at least 4 members (excludes halogenated alkanes) is 40. The summed E-state index contributed by atoms with van der Waals surface area (Å²) in [6.45, 7) is 9.10. The molecule has 0 aliphatic rings. The minimum atomic E-state index is -0.762. The summed E-state index contributed by atoms with van der Waals surface area (Å²) in [6.07, 6.45) is 58.0. The molecule has 0 aromatic heterocycles. The number of carbonyl (C=O) groups is 3. The Morgan fingerprint density at radius 2 is 0.538 bits per heavy atom. The first-order valence-corrected chi connectivity index (χ1v) is 29.4. The number of ether oxygens (including phenoxy) is 3. The topological polar surface area (TPSA) is 78.9 Å². The van der Waals surface area contributed by atoms with E-state index in [9.17, 15) is 14.4 Å². The van der Waals surface area contributed by atoms with E-state index in [1.807, 2.05) is 0 Å². The fraction of sp³-hybridized carbons (Fsp3) is 0.949. The van der Waals surface area contributed by atoms with Gasteiger partial charge in [-0.3, -0.25) is 14.4 Å². The molecule has 0 radical (unpaired) electrons. The van der Waals surface area contributed by atoms with Gasteiger partial charge in [-0.05, 0) is 25.2 Å². The maximum absolute atomic E-state index is 12.9. The monoisotopic (exact) mass is 919 g/mol. The van der Waals surface area contributed by atoms with Crippen LogP contribution < -0.4 is 0 Å². The highest BCUT2D eigenvalue weighted by Crippen LogP contribution is 2.18. The zero-order chi connectivity index (χ0) is 47.4. The quantitative estimate of drug-likeness (QED) is 0.0344. The Morgan fingerprint density at radius 3 is 0.800 bits per heavy atom. The number of rotatable bonds is 54. The summed E-state index contributed by atoms with van der Waals surface area (Å²) in [4.78, 5) is 38.1. The Kier molecular flexibility index (Phi) is 52.1. The molecule has 0 heterocycles. The summed E-state index contributed by atoms with van der Waals surface area (Å²) >= 11 is 0. The largest absolute Gasteiger partial charge is 0.462 e. The number of hydrogen-bond acceptors (Lipinski definition) is 6. The third kappa shape index (κ3) is 51.6. The zero-order valence-electron chi connectivity index (χ0n) is 44.5. The second-order valence-corrected chi connectivity index (χ2v) is 20.5. The molecule has 6 nitrogen and oxygen atoms in total. The van der Waals surface area contributed by atoms with Gasteiger partial charge in [-0.25, -0.2) is 0 Å². The van der Waals surface area contributed by atoms with Gasteiger partial charge < -0.3 is 14.2 Å². The fourth-order valence-corrected chi connectivity index (χ4v) is 9.07. The molecule has 2 atom stereocenters. The summed E-state index contributed by atoms with van der Waals surface area (Å²) in [6, 6.07) is 0. The first kappa shape index (κ1) is 63.4. The molecule has 386 valence electrons. The maximum atomic E-state index is 12.9. The molecule has 6 heteroatoms. The van der Waals surface area contributed by atoms with Gasteiger partial charge >= 0.3 is 17.9 Å². The van der Waals surface area contributed by atoms with Crippen molar-refractivity contribution >= 4 is 17.9 Å². The Morgan fingerprint density at radius 1 is 0.308 bits per heavy atom. The van der Waals surface area contributed by atoms with Gasteiger partial charge in [0.1, 0.15) is 13.2 Å². The molecule has 0 amide bonds. The summed E-state index contributed by atoms with van der Waals surface area (Å²) in [7, 11) is 0. The number of hydrogen-bond donors (Lipinski definition) is 0. The third-order valence-corrected chi connectivity index (χ3v) is 13.9. The first-order valence-electron chi connectivity index (χ1n) is 29.4. The minimum Gasteiger partial charge on any atom is -0.462 e. The van der Waals surface area contributed by atoms with Crippen LogP contribution in [0, 0.1) is 5.92 Å². The van der Waals surface area contributed by atoms with Crippen LogP contribution in [-0.2, 0) is 28.6 Å². The molecular formula is C59H114O6. The van der Waals surface area contributed by atoms with E-state index in [0.717, 1.165) is 63.7 Å². The predicted molar refractivity (Wildman–Crippen MR) is 280 cm³/mol. The molecule has 0 aromatic carbocycles. The molecule has 0 aliphatic heterocycles. The molecule has 65 heavy (non-hydrogen) atoms. The van der Waals surface area contributed by atoms with Crippen molar-refractivity contribution in [3.8, 4) is 0 Å². The van der Waals surface area contributed by atoms with Crippen molar-refractivity contribution in [1.82, 2.24) is 0 Å². The van der Waals surface area contributed by atoms with Crippen LogP contribution in [0.1, 0.15) is 336 Å². The van der Waals surface area contributed by atoms with E-state index in [-0.39, 0.29) is 31.1 Å². The van der Waals surface area contributed by atoms with Crippen molar-refractivity contribution in [3.05, 3.63) is 0 Å². The van der Waals surface area contributed by atoms with Gasteiger partial charge in [0, 0.05) is 19.3 Å². The Labute approximate surface area is 406 Å². The average Bonchev–Trinajstić information content (AvgIpc) is 3.30. The van der Waals surface area contributed by atoms with Gasteiger partial charge in [0.15, 0.2) is 6.10 Å². The van der Waals surface area contributed by atoms with E-state index >= 15 is 0 Å². The third-order valence-electron chi connectivity index (χ3n) is 13.9. The molecule has 0 fully saturated rings.